The van der Waals surface area contributed by atoms with Gasteiger partial charge in [0.25, 0.3) is 5.91 Å². The largest absolute Gasteiger partial charge is 0.289 e. The van der Waals surface area contributed by atoms with Crippen LogP contribution in [-0.2, 0) is 7.05 Å². The molecule has 1 aliphatic rings. The van der Waals surface area contributed by atoms with Crippen molar-refractivity contribution in [2.45, 2.75) is 18.8 Å². The van der Waals surface area contributed by atoms with Crippen molar-refractivity contribution >= 4 is 5.91 Å². The zero-order valence-electron chi connectivity index (χ0n) is 7.45. The van der Waals surface area contributed by atoms with Gasteiger partial charge >= 0.3 is 0 Å². The number of aromatic nitrogens is 2. The summed E-state index contributed by atoms with van der Waals surface area (Å²) in [6.45, 7) is 0. The summed E-state index contributed by atoms with van der Waals surface area (Å²) in [5.74, 6) is 5.30. The molecule has 1 amide bonds. The van der Waals surface area contributed by atoms with Crippen LogP contribution in [-0.4, -0.2) is 15.7 Å². The molecule has 70 valence electrons. The number of hydrogen-bond donors (Lipinski definition) is 2. The fourth-order valence-electron chi connectivity index (χ4n) is 1.35. The molecule has 1 saturated carbocycles. The molecule has 0 unspecified atom stereocenters. The van der Waals surface area contributed by atoms with E-state index in [0.29, 0.717) is 11.6 Å². The maximum absolute atomic E-state index is 11.2. The molecular weight excluding hydrogens is 168 g/mol. The molecule has 13 heavy (non-hydrogen) atoms. The number of amides is 1. The first-order valence-electron chi connectivity index (χ1n) is 4.27. The molecule has 3 N–H and O–H groups in total. The number of rotatable bonds is 2. The van der Waals surface area contributed by atoms with Crippen molar-refractivity contribution in [3.05, 3.63) is 17.5 Å². The van der Waals surface area contributed by atoms with Gasteiger partial charge in [0.05, 0.1) is 5.69 Å². The van der Waals surface area contributed by atoms with Crippen molar-refractivity contribution in [3.63, 3.8) is 0 Å². The number of nitrogens with zero attached hydrogens (tertiary/aromatic N) is 2. The van der Waals surface area contributed by atoms with E-state index in [0.717, 1.165) is 5.69 Å². The van der Waals surface area contributed by atoms with E-state index in [9.17, 15) is 4.79 Å². The SMILES string of the molecule is Cn1nc(C2CC2)cc1C(=O)NN. The number of hydrazine groups is 1. The topological polar surface area (TPSA) is 72.9 Å². The molecule has 0 radical (unpaired) electrons. The molecule has 1 fully saturated rings. The fraction of sp³-hybridized carbons (Fsp3) is 0.500. The summed E-state index contributed by atoms with van der Waals surface area (Å²) < 4.78 is 1.57. The number of carbonyl (C=O) groups excluding carboxylic acids is 1. The van der Waals surface area contributed by atoms with Crippen molar-refractivity contribution in [1.29, 1.82) is 0 Å². The minimum absolute atomic E-state index is 0.290. The van der Waals surface area contributed by atoms with E-state index in [1.807, 2.05) is 0 Å². The summed E-state index contributed by atoms with van der Waals surface area (Å²) >= 11 is 0. The van der Waals surface area contributed by atoms with Gasteiger partial charge in [0.15, 0.2) is 0 Å². The Labute approximate surface area is 75.9 Å². The Kier molecular flexibility index (Phi) is 1.81. The second-order valence-electron chi connectivity index (χ2n) is 3.33. The Balaban J connectivity index is 2.29. The summed E-state index contributed by atoms with van der Waals surface area (Å²) in [7, 11) is 1.75. The molecule has 1 heterocycles. The Morgan fingerprint density at radius 1 is 1.77 bits per heavy atom. The average Bonchev–Trinajstić information content (AvgIpc) is 2.89. The van der Waals surface area contributed by atoms with Gasteiger partial charge in [-0.25, -0.2) is 5.84 Å². The third-order valence-electron chi connectivity index (χ3n) is 2.26. The number of nitrogen functional groups attached to an aromatic ring is 1. The third kappa shape index (κ3) is 1.42. The summed E-state index contributed by atoms with van der Waals surface area (Å²) in [5.41, 5.74) is 3.61. The van der Waals surface area contributed by atoms with Crippen molar-refractivity contribution < 1.29 is 4.79 Å². The highest BCUT2D eigenvalue weighted by molar-refractivity contribution is 5.92. The highest BCUT2D eigenvalue weighted by Crippen LogP contribution is 2.39. The highest BCUT2D eigenvalue weighted by atomic mass is 16.2. The van der Waals surface area contributed by atoms with E-state index < -0.39 is 0 Å². The second kappa shape index (κ2) is 2.85. The molecule has 1 aromatic heterocycles. The Hall–Kier alpha value is -1.36. The standard InChI is InChI=1S/C8H12N4O/c1-12-7(8(13)10-9)4-6(11-12)5-2-3-5/h4-5H,2-3,9H2,1H3,(H,10,13). The average molecular weight is 180 g/mol. The lowest BCUT2D eigenvalue weighted by Gasteiger charge is -1.97. The minimum Gasteiger partial charge on any atom is -0.289 e. The van der Waals surface area contributed by atoms with Gasteiger partial charge in [-0.1, -0.05) is 0 Å². The summed E-state index contributed by atoms with van der Waals surface area (Å²) in [6.07, 6.45) is 2.36. The van der Waals surface area contributed by atoms with Gasteiger partial charge < -0.3 is 0 Å². The first-order valence-corrected chi connectivity index (χ1v) is 4.27. The van der Waals surface area contributed by atoms with Crippen LogP contribution < -0.4 is 11.3 Å². The van der Waals surface area contributed by atoms with Crippen molar-refractivity contribution in [2.24, 2.45) is 12.9 Å². The molecule has 5 heteroatoms. The molecule has 0 spiro atoms. The predicted octanol–water partition coefficient (Wildman–Crippen LogP) is -0.0990. The number of hydrogen-bond acceptors (Lipinski definition) is 3. The number of nitrogens with one attached hydrogen (secondary N) is 1. The van der Waals surface area contributed by atoms with E-state index >= 15 is 0 Å². The van der Waals surface area contributed by atoms with Crippen LogP contribution in [0, 0.1) is 0 Å². The molecular formula is C8H12N4O. The molecule has 0 bridgehead atoms. The van der Waals surface area contributed by atoms with E-state index in [2.05, 4.69) is 10.5 Å². The van der Waals surface area contributed by atoms with Gasteiger partial charge in [0.1, 0.15) is 5.69 Å². The third-order valence-corrected chi connectivity index (χ3v) is 2.26. The van der Waals surface area contributed by atoms with Gasteiger partial charge in [0, 0.05) is 13.0 Å². The van der Waals surface area contributed by atoms with E-state index in [1.165, 1.54) is 12.8 Å². The number of nitrogens with two attached hydrogens (primary N) is 1. The van der Waals surface area contributed by atoms with Gasteiger partial charge in [-0.15, -0.1) is 0 Å². The van der Waals surface area contributed by atoms with Gasteiger partial charge in [-0.2, -0.15) is 5.10 Å². The van der Waals surface area contributed by atoms with E-state index in [4.69, 9.17) is 5.84 Å². The van der Waals surface area contributed by atoms with Crippen LogP contribution in [0.5, 0.6) is 0 Å². The van der Waals surface area contributed by atoms with E-state index in [1.54, 1.807) is 17.8 Å². The quantitative estimate of drug-likeness (QED) is 0.379. The van der Waals surface area contributed by atoms with Gasteiger partial charge in [-0.05, 0) is 18.9 Å². The van der Waals surface area contributed by atoms with Crippen molar-refractivity contribution in [1.82, 2.24) is 15.2 Å². The Bertz CT molecular complexity index is 340. The summed E-state index contributed by atoms with van der Waals surface area (Å²) in [4.78, 5) is 11.2. The molecule has 0 atom stereocenters. The Morgan fingerprint density at radius 3 is 3.00 bits per heavy atom. The maximum atomic E-state index is 11.2. The van der Waals surface area contributed by atoms with Crippen molar-refractivity contribution in [2.75, 3.05) is 0 Å². The highest BCUT2D eigenvalue weighted by Gasteiger charge is 2.27. The monoisotopic (exact) mass is 180 g/mol. The van der Waals surface area contributed by atoms with Crippen LogP contribution in [0.4, 0.5) is 0 Å². The smallest absolute Gasteiger partial charge is 0.283 e. The molecule has 1 aliphatic carbocycles. The lowest BCUT2D eigenvalue weighted by atomic mass is 10.2. The van der Waals surface area contributed by atoms with Crippen LogP contribution in [0.15, 0.2) is 6.07 Å². The van der Waals surface area contributed by atoms with Crippen LogP contribution in [0.25, 0.3) is 0 Å². The molecule has 0 aliphatic heterocycles. The first kappa shape index (κ1) is 8.25. The van der Waals surface area contributed by atoms with Gasteiger partial charge in [-0.3, -0.25) is 14.9 Å². The summed E-state index contributed by atoms with van der Waals surface area (Å²) in [6, 6.07) is 1.81. The lowest BCUT2D eigenvalue weighted by Crippen LogP contribution is -2.31. The number of aryl methyl sites for hydroxylation is 1. The zero-order chi connectivity index (χ0) is 9.42. The molecule has 0 aromatic carbocycles. The molecule has 1 aromatic rings. The number of carbonyl (C=O) groups is 1. The minimum atomic E-state index is -0.290. The van der Waals surface area contributed by atoms with Crippen molar-refractivity contribution in [3.8, 4) is 0 Å². The van der Waals surface area contributed by atoms with Crippen LogP contribution in [0.2, 0.25) is 0 Å². The maximum Gasteiger partial charge on any atom is 0.283 e. The fourth-order valence-corrected chi connectivity index (χ4v) is 1.35. The van der Waals surface area contributed by atoms with Crippen LogP contribution in [0.1, 0.15) is 34.9 Å². The van der Waals surface area contributed by atoms with Gasteiger partial charge in [0.2, 0.25) is 0 Å². The molecule has 2 rings (SSSR count). The molecule has 5 nitrogen and oxygen atoms in total. The normalized spacial score (nSPS) is 15.8. The predicted molar refractivity (Wildman–Crippen MR) is 46.8 cm³/mol. The zero-order valence-corrected chi connectivity index (χ0v) is 7.45. The molecule has 0 saturated heterocycles. The second-order valence-corrected chi connectivity index (χ2v) is 3.33. The Morgan fingerprint density at radius 2 is 2.46 bits per heavy atom. The van der Waals surface area contributed by atoms with Crippen LogP contribution >= 0.6 is 0 Å². The van der Waals surface area contributed by atoms with E-state index in [-0.39, 0.29) is 5.91 Å². The lowest BCUT2D eigenvalue weighted by molar-refractivity contribution is 0.0944. The van der Waals surface area contributed by atoms with Crippen LogP contribution in [0.3, 0.4) is 0 Å². The first-order chi connectivity index (χ1) is 6.22. The summed E-state index contributed by atoms with van der Waals surface area (Å²) in [5, 5.41) is 4.24.